The van der Waals surface area contributed by atoms with Crippen LogP contribution in [0.3, 0.4) is 0 Å². The number of carbonyl (C=O) groups is 1. The maximum Gasteiger partial charge on any atom is 0.220 e. The summed E-state index contributed by atoms with van der Waals surface area (Å²) in [6.07, 6.45) is 6.06. The van der Waals surface area contributed by atoms with Gasteiger partial charge in [-0.25, -0.2) is 0 Å². The minimum Gasteiger partial charge on any atom is -0.497 e. The lowest BCUT2D eigenvalue weighted by Crippen LogP contribution is -2.39. The third-order valence-corrected chi connectivity index (χ3v) is 5.35. The molecule has 0 atom stereocenters. The average molecular weight is 337 g/mol. The largest absolute Gasteiger partial charge is 0.497 e. The summed E-state index contributed by atoms with van der Waals surface area (Å²) in [6, 6.07) is 18.6. The van der Waals surface area contributed by atoms with E-state index in [2.05, 4.69) is 35.6 Å². The fourth-order valence-electron chi connectivity index (χ4n) is 3.85. The summed E-state index contributed by atoms with van der Waals surface area (Å²) in [5, 5.41) is 3.19. The number of methoxy groups -OCH3 is 1. The molecule has 0 aliphatic heterocycles. The minimum absolute atomic E-state index is 0.118. The van der Waals surface area contributed by atoms with Crippen LogP contribution < -0.4 is 10.1 Å². The smallest absolute Gasteiger partial charge is 0.220 e. The van der Waals surface area contributed by atoms with E-state index in [0.717, 1.165) is 37.1 Å². The van der Waals surface area contributed by atoms with Crippen LogP contribution in [0.1, 0.15) is 43.2 Å². The van der Waals surface area contributed by atoms with Crippen molar-refractivity contribution in [2.75, 3.05) is 13.7 Å². The average Bonchev–Trinajstić information content (AvgIpc) is 3.16. The number of benzene rings is 2. The van der Waals surface area contributed by atoms with Crippen molar-refractivity contribution < 1.29 is 9.53 Å². The number of rotatable bonds is 7. The van der Waals surface area contributed by atoms with E-state index in [1.807, 2.05) is 24.3 Å². The second kappa shape index (κ2) is 8.19. The van der Waals surface area contributed by atoms with E-state index >= 15 is 0 Å². The number of hydrogen-bond donors (Lipinski definition) is 1. The molecule has 0 unspecified atom stereocenters. The molecule has 0 aromatic heterocycles. The van der Waals surface area contributed by atoms with Crippen molar-refractivity contribution in [1.29, 1.82) is 0 Å². The second-order valence-electron chi connectivity index (χ2n) is 6.98. The van der Waals surface area contributed by atoms with Crippen molar-refractivity contribution in [2.45, 2.75) is 43.9 Å². The third-order valence-electron chi connectivity index (χ3n) is 5.35. The van der Waals surface area contributed by atoms with Gasteiger partial charge >= 0.3 is 0 Å². The van der Waals surface area contributed by atoms with E-state index < -0.39 is 0 Å². The van der Waals surface area contributed by atoms with Crippen LogP contribution in [0, 0.1) is 0 Å². The number of hydrogen-bond acceptors (Lipinski definition) is 2. The Balaban J connectivity index is 1.55. The maximum atomic E-state index is 12.4. The summed E-state index contributed by atoms with van der Waals surface area (Å²) < 4.78 is 5.24. The van der Waals surface area contributed by atoms with Crippen LogP contribution in [-0.2, 0) is 16.6 Å². The molecule has 1 aliphatic carbocycles. The summed E-state index contributed by atoms with van der Waals surface area (Å²) in [6.45, 7) is 0.744. The summed E-state index contributed by atoms with van der Waals surface area (Å²) in [5.41, 5.74) is 2.61. The second-order valence-corrected chi connectivity index (χ2v) is 6.98. The van der Waals surface area contributed by atoms with Crippen LogP contribution in [-0.4, -0.2) is 19.6 Å². The Hall–Kier alpha value is -2.29. The number of carbonyl (C=O) groups excluding carboxylic acids is 1. The number of aryl methyl sites for hydroxylation is 1. The van der Waals surface area contributed by atoms with Gasteiger partial charge in [0.25, 0.3) is 0 Å². The topological polar surface area (TPSA) is 38.3 Å². The zero-order valence-electron chi connectivity index (χ0n) is 15.0. The van der Waals surface area contributed by atoms with Crippen LogP contribution in [0.4, 0.5) is 0 Å². The predicted molar refractivity (Wildman–Crippen MR) is 101 cm³/mol. The Bertz CT molecular complexity index is 690. The number of amides is 1. The summed E-state index contributed by atoms with van der Waals surface area (Å²) in [4.78, 5) is 12.4. The van der Waals surface area contributed by atoms with Crippen molar-refractivity contribution >= 4 is 5.91 Å². The molecule has 3 rings (SSSR count). The molecule has 0 spiro atoms. The molecule has 2 aromatic carbocycles. The molecule has 132 valence electrons. The first kappa shape index (κ1) is 17.5. The first-order valence-electron chi connectivity index (χ1n) is 9.17. The van der Waals surface area contributed by atoms with E-state index in [1.165, 1.54) is 18.4 Å². The Morgan fingerprint density at radius 3 is 2.56 bits per heavy atom. The molecule has 2 aromatic rings. The van der Waals surface area contributed by atoms with Gasteiger partial charge in [0.05, 0.1) is 7.11 Å². The Kier molecular flexibility index (Phi) is 5.75. The lowest BCUT2D eigenvalue weighted by molar-refractivity contribution is -0.121. The normalized spacial score (nSPS) is 15.7. The number of ether oxygens (including phenoxy) is 1. The van der Waals surface area contributed by atoms with E-state index in [-0.39, 0.29) is 11.3 Å². The SMILES string of the molecule is COc1cccc(CCC(=O)NCC2(c3ccccc3)CCCC2)c1. The molecule has 1 fully saturated rings. The first-order chi connectivity index (χ1) is 12.2. The zero-order chi connectivity index (χ0) is 17.5. The van der Waals surface area contributed by atoms with Gasteiger partial charge in [0.2, 0.25) is 5.91 Å². The molecule has 25 heavy (non-hydrogen) atoms. The van der Waals surface area contributed by atoms with Gasteiger partial charge in [0.1, 0.15) is 5.75 Å². The zero-order valence-corrected chi connectivity index (χ0v) is 15.0. The highest BCUT2D eigenvalue weighted by atomic mass is 16.5. The minimum atomic E-state index is 0.118. The highest BCUT2D eigenvalue weighted by molar-refractivity contribution is 5.76. The number of nitrogens with one attached hydrogen (secondary N) is 1. The highest BCUT2D eigenvalue weighted by Crippen LogP contribution is 2.40. The maximum absolute atomic E-state index is 12.4. The van der Waals surface area contributed by atoms with E-state index in [1.54, 1.807) is 7.11 Å². The fraction of sp³-hybridized carbons (Fsp3) is 0.409. The van der Waals surface area contributed by atoms with Gasteiger partial charge in [0, 0.05) is 18.4 Å². The predicted octanol–water partition coefficient (Wildman–Crippen LogP) is 4.26. The van der Waals surface area contributed by atoms with Crippen LogP contribution in [0.2, 0.25) is 0 Å². The standard InChI is InChI=1S/C22H27NO2/c1-25-20-11-7-8-18(16-20)12-13-21(24)23-17-22(14-5-6-15-22)19-9-3-2-4-10-19/h2-4,7-11,16H,5-6,12-15,17H2,1H3,(H,23,24). The first-order valence-corrected chi connectivity index (χ1v) is 9.17. The van der Waals surface area contributed by atoms with Gasteiger partial charge in [0.15, 0.2) is 0 Å². The van der Waals surface area contributed by atoms with Gasteiger partial charge in [-0.2, -0.15) is 0 Å². The lowest BCUT2D eigenvalue weighted by atomic mass is 9.79. The molecule has 3 heteroatoms. The Labute approximate surface area is 150 Å². The summed E-state index contributed by atoms with van der Waals surface area (Å²) >= 11 is 0. The van der Waals surface area contributed by atoms with Gasteiger partial charge in [-0.3, -0.25) is 4.79 Å². The quantitative estimate of drug-likeness (QED) is 0.820. The van der Waals surface area contributed by atoms with Crippen molar-refractivity contribution in [3.63, 3.8) is 0 Å². The molecule has 1 saturated carbocycles. The third kappa shape index (κ3) is 4.41. The van der Waals surface area contributed by atoms with Gasteiger partial charge < -0.3 is 10.1 Å². The van der Waals surface area contributed by atoms with Gasteiger partial charge in [-0.05, 0) is 42.5 Å². The van der Waals surface area contributed by atoms with Crippen LogP contribution in [0.5, 0.6) is 5.75 Å². The molecule has 0 bridgehead atoms. The van der Waals surface area contributed by atoms with Crippen LogP contribution >= 0.6 is 0 Å². The van der Waals surface area contributed by atoms with Crippen molar-refractivity contribution in [3.05, 3.63) is 65.7 Å². The lowest BCUT2D eigenvalue weighted by Gasteiger charge is -2.30. The van der Waals surface area contributed by atoms with Crippen molar-refractivity contribution in [3.8, 4) is 5.75 Å². The summed E-state index contributed by atoms with van der Waals surface area (Å²) in [5.74, 6) is 0.969. The van der Waals surface area contributed by atoms with Gasteiger partial charge in [-0.1, -0.05) is 55.3 Å². The van der Waals surface area contributed by atoms with E-state index in [4.69, 9.17) is 4.74 Å². The van der Waals surface area contributed by atoms with E-state index in [9.17, 15) is 4.79 Å². The Morgan fingerprint density at radius 1 is 1.08 bits per heavy atom. The highest BCUT2D eigenvalue weighted by Gasteiger charge is 2.35. The molecule has 1 aliphatic rings. The molecule has 1 amide bonds. The van der Waals surface area contributed by atoms with Crippen molar-refractivity contribution in [2.24, 2.45) is 0 Å². The molecule has 1 N–H and O–H groups in total. The molecule has 3 nitrogen and oxygen atoms in total. The molecule has 0 heterocycles. The molecular weight excluding hydrogens is 310 g/mol. The van der Waals surface area contributed by atoms with Crippen LogP contribution in [0.25, 0.3) is 0 Å². The van der Waals surface area contributed by atoms with E-state index in [0.29, 0.717) is 6.42 Å². The molecule has 0 radical (unpaired) electrons. The molecule has 0 saturated heterocycles. The van der Waals surface area contributed by atoms with Crippen molar-refractivity contribution in [1.82, 2.24) is 5.32 Å². The fourth-order valence-corrected chi connectivity index (χ4v) is 3.85. The monoisotopic (exact) mass is 337 g/mol. The van der Waals surface area contributed by atoms with Crippen LogP contribution in [0.15, 0.2) is 54.6 Å². The van der Waals surface area contributed by atoms with Gasteiger partial charge in [-0.15, -0.1) is 0 Å². The Morgan fingerprint density at radius 2 is 1.84 bits per heavy atom. The molecular formula is C22H27NO2. The summed E-state index contributed by atoms with van der Waals surface area (Å²) in [7, 11) is 1.66.